The highest BCUT2D eigenvalue weighted by Gasteiger charge is 2.43. The second-order valence-electron chi connectivity index (χ2n) is 6.05. The summed E-state index contributed by atoms with van der Waals surface area (Å²) in [5.41, 5.74) is 14.1. The number of hydrogen-bond acceptors (Lipinski definition) is 8. The molecule has 1 heterocycles. The van der Waals surface area contributed by atoms with E-state index in [1.165, 1.54) is 0 Å². The van der Waals surface area contributed by atoms with Crippen molar-refractivity contribution in [3.8, 4) is 0 Å². The quantitative estimate of drug-likeness (QED) is 0.109. The molecule has 1 aliphatic heterocycles. The van der Waals surface area contributed by atoms with Crippen LogP contribution >= 0.6 is 0 Å². The number of carbonyl (C=O) groups is 2. The van der Waals surface area contributed by atoms with Gasteiger partial charge < -0.3 is 36.2 Å². The number of carboxylic acid groups (broad SMARTS) is 1. The van der Waals surface area contributed by atoms with Crippen LogP contribution in [0.3, 0.4) is 0 Å². The van der Waals surface area contributed by atoms with E-state index in [2.05, 4.69) is 15.3 Å². The van der Waals surface area contributed by atoms with E-state index in [9.17, 15) is 19.8 Å². The van der Waals surface area contributed by atoms with Crippen LogP contribution in [0.4, 0.5) is 0 Å². The molecule has 27 heavy (non-hydrogen) atoms. The molecule has 152 valence electrons. The number of aliphatic hydroxyl groups is 3. The Morgan fingerprint density at radius 3 is 2.63 bits per heavy atom. The number of carbonyl (C=O) groups excluding carboxylic acids is 1. The first kappa shape index (κ1) is 22.7. The number of amides is 1. The summed E-state index contributed by atoms with van der Waals surface area (Å²) in [4.78, 5) is 26.0. The van der Waals surface area contributed by atoms with E-state index >= 15 is 0 Å². The van der Waals surface area contributed by atoms with Gasteiger partial charge in [0.15, 0.2) is 0 Å². The van der Waals surface area contributed by atoms with Crippen molar-refractivity contribution in [2.45, 2.75) is 56.1 Å². The first-order valence-electron chi connectivity index (χ1n) is 8.48. The maximum absolute atomic E-state index is 12.2. The minimum atomic E-state index is -1.74. The molecule has 7 N–H and O–H groups in total. The monoisotopic (exact) mass is 387 g/mol. The summed E-state index contributed by atoms with van der Waals surface area (Å²) in [6.45, 7) is -0.313. The Hall–Kier alpha value is -2.37. The molecule has 0 fully saturated rings. The van der Waals surface area contributed by atoms with Gasteiger partial charge in [0.05, 0.1) is 18.7 Å². The largest absolute Gasteiger partial charge is 0.478 e. The fourth-order valence-corrected chi connectivity index (χ4v) is 2.64. The van der Waals surface area contributed by atoms with E-state index in [0.29, 0.717) is 13.0 Å². The van der Waals surface area contributed by atoms with Crippen molar-refractivity contribution in [3.05, 3.63) is 22.3 Å². The average molecular weight is 387 g/mol. The highest BCUT2D eigenvalue weighted by atomic mass is 16.5. The van der Waals surface area contributed by atoms with Crippen molar-refractivity contribution in [2.75, 3.05) is 13.2 Å². The summed E-state index contributed by atoms with van der Waals surface area (Å²) in [6, 6.07) is -2.31. The van der Waals surface area contributed by atoms with E-state index in [0.717, 1.165) is 18.9 Å². The van der Waals surface area contributed by atoms with Gasteiger partial charge in [-0.1, -0.05) is 11.5 Å². The van der Waals surface area contributed by atoms with Gasteiger partial charge in [0.2, 0.25) is 11.7 Å². The summed E-state index contributed by atoms with van der Waals surface area (Å²) in [7, 11) is 0. The molecular formula is C15H25N5O7. The average Bonchev–Trinajstić information content (AvgIpc) is 2.65. The first-order chi connectivity index (χ1) is 12.8. The zero-order valence-corrected chi connectivity index (χ0v) is 14.6. The molecule has 0 spiro atoms. The Morgan fingerprint density at radius 1 is 1.37 bits per heavy atom. The number of nitrogens with two attached hydrogens (primary N) is 1. The zero-order chi connectivity index (χ0) is 20.4. The molecule has 0 aliphatic carbocycles. The molecule has 5 atom stereocenters. The number of nitrogens with one attached hydrogen (secondary N) is 1. The Bertz CT molecular complexity index is 593. The summed E-state index contributed by atoms with van der Waals surface area (Å²) in [5.74, 6) is -2.51. The third-order valence-electron chi connectivity index (χ3n) is 4.06. The lowest BCUT2D eigenvalue weighted by atomic mass is 9.92. The molecule has 12 nitrogen and oxygen atoms in total. The fourth-order valence-electron chi connectivity index (χ4n) is 2.64. The maximum atomic E-state index is 12.2. The molecule has 0 saturated heterocycles. The van der Waals surface area contributed by atoms with Gasteiger partial charge in [-0.2, -0.15) is 0 Å². The number of hydrogen-bond donors (Lipinski definition) is 6. The highest BCUT2D eigenvalue weighted by molar-refractivity contribution is 5.85. The number of rotatable bonds is 11. The van der Waals surface area contributed by atoms with Crippen LogP contribution in [0, 0.1) is 0 Å². The maximum Gasteiger partial charge on any atom is 0.370 e. The lowest BCUT2D eigenvalue weighted by Gasteiger charge is -2.38. The van der Waals surface area contributed by atoms with Gasteiger partial charge in [0.1, 0.15) is 18.3 Å². The highest BCUT2D eigenvalue weighted by Crippen LogP contribution is 2.25. The Balaban J connectivity index is 3.03. The van der Waals surface area contributed by atoms with Crippen molar-refractivity contribution in [1.82, 2.24) is 5.32 Å². The van der Waals surface area contributed by atoms with Crippen LogP contribution in [0.1, 0.15) is 25.7 Å². The van der Waals surface area contributed by atoms with Gasteiger partial charge >= 0.3 is 5.97 Å². The van der Waals surface area contributed by atoms with E-state index in [-0.39, 0.29) is 6.42 Å². The van der Waals surface area contributed by atoms with Crippen LogP contribution in [0.25, 0.3) is 10.4 Å². The standard InChI is InChI=1S/C15H25N5O7/c16-5-3-1-2-4-11(23)18-12-8(19-20-17)6-10(15(25)26)27-14(12)13(24)9(22)7-21/h6,8-9,12-14,21-22,24H,1-5,7,16H2,(H,18,23)(H,25,26)/t8-,9+,12+,13+,14+/m0/s1. The Labute approximate surface area is 155 Å². The smallest absolute Gasteiger partial charge is 0.370 e. The number of ether oxygens (including phenoxy) is 1. The van der Waals surface area contributed by atoms with Gasteiger partial charge in [-0.3, -0.25) is 4.79 Å². The molecule has 1 amide bonds. The molecule has 0 aromatic heterocycles. The normalized spacial score (nSPS) is 24.0. The molecule has 0 radical (unpaired) electrons. The lowest BCUT2D eigenvalue weighted by Crippen LogP contribution is -2.59. The predicted molar refractivity (Wildman–Crippen MR) is 92.1 cm³/mol. The van der Waals surface area contributed by atoms with Crippen molar-refractivity contribution in [1.29, 1.82) is 0 Å². The van der Waals surface area contributed by atoms with Gasteiger partial charge in [-0.25, -0.2) is 4.79 Å². The Kier molecular flexibility index (Phi) is 9.54. The number of nitrogens with zero attached hydrogens (tertiary/aromatic N) is 3. The van der Waals surface area contributed by atoms with E-state index in [1.54, 1.807) is 0 Å². The fraction of sp³-hybridized carbons (Fsp3) is 0.733. The van der Waals surface area contributed by atoms with Crippen molar-refractivity contribution in [2.24, 2.45) is 10.8 Å². The van der Waals surface area contributed by atoms with Crippen molar-refractivity contribution < 1.29 is 34.8 Å². The van der Waals surface area contributed by atoms with Crippen LogP contribution in [0.5, 0.6) is 0 Å². The van der Waals surface area contributed by atoms with Crippen LogP contribution in [-0.2, 0) is 14.3 Å². The summed E-state index contributed by atoms with van der Waals surface area (Å²) in [6.07, 6.45) is -1.64. The molecule has 0 unspecified atom stereocenters. The first-order valence-corrected chi connectivity index (χ1v) is 8.48. The molecule has 1 rings (SSSR count). The van der Waals surface area contributed by atoms with Crippen LogP contribution in [0.2, 0.25) is 0 Å². The van der Waals surface area contributed by atoms with E-state index < -0.39 is 54.6 Å². The Morgan fingerprint density at radius 2 is 2.07 bits per heavy atom. The third kappa shape index (κ3) is 6.70. The molecule has 0 aromatic rings. The van der Waals surface area contributed by atoms with Gasteiger partial charge in [0, 0.05) is 11.3 Å². The number of aliphatic carboxylic acids is 1. The van der Waals surface area contributed by atoms with E-state index in [4.69, 9.17) is 26.2 Å². The second kappa shape index (κ2) is 11.4. The van der Waals surface area contributed by atoms with Crippen molar-refractivity contribution in [3.63, 3.8) is 0 Å². The number of aliphatic hydroxyl groups excluding tert-OH is 3. The SMILES string of the molecule is [N-]=[N+]=N[C@H]1C=C(C(=O)O)O[C@@H]([C@H](O)[C@H](O)CO)[C@@H]1NC(=O)CCCCCN. The van der Waals surface area contributed by atoms with Crippen LogP contribution in [0.15, 0.2) is 16.9 Å². The second-order valence-corrected chi connectivity index (χ2v) is 6.05. The van der Waals surface area contributed by atoms with Gasteiger partial charge in [0.25, 0.3) is 0 Å². The third-order valence-corrected chi connectivity index (χ3v) is 4.06. The van der Waals surface area contributed by atoms with Gasteiger partial charge in [-0.15, -0.1) is 0 Å². The summed E-state index contributed by atoms with van der Waals surface area (Å²) < 4.78 is 5.19. The molecule has 0 aromatic carbocycles. The minimum Gasteiger partial charge on any atom is -0.478 e. The zero-order valence-electron chi connectivity index (χ0n) is 14.6. The minimum absolute atomic E-state index is 0.139. The number of carboxylic acids is 1. The molecular weight excluding hydrogens is 362 g/mol. The topological polar surface area (TPSA) is 211 Å². The van der Waals surface area contributed by atoms with E-state index in [1.807, 2.05) is 0 Å². The van der Waals surface area contributed by atoms with Gasteiger partial charge in [-0.05, 0) is 31.0 Å². The molecule has 0 saturated carbocycles. The molecule has 12 heteroatoms. The lowest BCUT2D eigenvalue weighted by molar-refractivity contribution is -0.146. The summed E-state index contributed by atoms with van der Waals surface area (Å²) in [5, 5.41) is 44.1. The van der Waals surface area contributed by atoms with Crippen LogP contribution < -0.4 is 11.1 Å². The van der Waals surface area contributed by atoms with Crippen LogP contribution in [-0.4, -0.2) is 75.8 Å². The molecule has 1 aliphatic rings. The van der Waals surface area contributed by atoms with Crippen molar-refractivity contribution >= 4 is 11.9 Å². The molecule has 0 bridgehead atoms. The number of unbranched alkanes of at least 4 members (excludes halogenated alkanes) is 2. The number of azide groups is 1. The predicted octanol–water partition coefficient (Wildman–Crippen LogP) is -1.25. The summed E-state index contributed by atoms with van der Waals surface area (Å²) >= 11 is 0.